The van der Waals surface area contributed by atoms with Gasteiger partial charge in [-0.3, -0.25) is 4.79 Å². The lowest BCUT2D eigenvalue weighted by atomic mass is 9.83. The Balaban J connectivity index is 0.00000256. The van der Waals surface area contributed by atoms with E-state index in [-0.39, 0.29) is 18.4 Å². The van der Waals surface area contributed by atoms with Crippen molar-refractivity contribution in [2.75, 3.05) is 13.1 Å². The third kappa shape index (κ3) is 5.26. The second-order valence-corrected chi connectivity index (χ2v) is 4.89. The summed E-state index contributed by atoms with van der Waals surface area (Å²) in [5, 5.41) is 0. The van der Waals surface area contributed by atoms with E-state index in [1.807, 2.05) is 11.8 Å². The molecule has 1 aliphatic carbocycles. The highest BCUT2D eigenvalue weighted by atomic mass is 35.5. The number of halogens is 1. The summed E-state index contributed by atoms with van der Waals surface area (Å²) in [5.41, 5.74) is 6.07. The largest absolute Gasteiger partial charge is 0.343 e. The molecule has 0 saturated heterocycles. The molecule has 0 radical (unpaired) electrons. The first-order valence-corrected chi connectivity index (χ1v) is 6.72. The summed E-state index contributed by atoms with van der Waals surface area (Å²) in [7, 11) is 0. The highest BCUT2D eigenvalue weighted by molar-refractivity contribution is 5.85. The molecule has 2 atom stereocenters. The maximum Gasteiger partial charge on any atom is 0.222 e. The zero-order chi connectivity index (χ0) is 12.0. The number of nitrogens with two attached hydrogens (primary N) is 1. The minimum atomic E-state index is 0. The maximum absolute atomic E-state index is 12.0. The van der Waals surface area contributed by atoms with Gasteiger partial charge in [-0.1, -0.05) is 19.8 Å². The Hall–Kier alpha value is -0.280. The van der Waals surface area contributed by atoms with E-state index in [1.165, 1.54) is 12.8 Å². The Kier molecular flexibility index (Phi) is 8.61. The molecule has 1 rings (SSSR count). The summed E-state index contributed by atoms with van der Waals surface area (Å²) in [4.78, 5) is 14.0. The van der Waals surface area contributed by atoms with Gasteiger partial charge in [0.1, 0.15) is 0 Å². The Bertz CT molecular complexity index is 223. The zero-order valence-corrected chi connectivity index (χ0v) is 12.0. The molecular weight excluding hydrogens is 236 g/mol. The Morgan fingerprint density at radius 1 is 1.29 bits per heavy atom. The number of carbonyl (C=O) groups is 1. The number of amides is 1. The van der Waals surface area contributed by atoms with Gasteiger partial charge in [-0.25, -0.2) is 0 Å². The molecule has 17 heavy (non-hydrogen) atoms. The van der Waals surface area contributed by atoms with Crippen LogP contribution in [-0.2, 0) is 4.79 Å². The van der Waals surface area contributed by atoms with Gasteiger partial charge in [0.05, 0.1) is 0 Å². The molecule has 0 aromatic carbocycles. The summed E-state index contributed by atoms with van der Waals surface area (Å²) in [6.07, 6.45) is 6.41. The van der Waals surface area contributed by atoms with Gasteiger partial charge in [0.15, 0.2) is 0 Å². The van der Waals surface area contributed by atoms with Crippen LogP contribution in [-0.4, -0.2) is 29.9 Å². The van der Waals surface area contributed by atoms with Crippen molar-refractivity contribution in [3.63, 3.8) is 0 Å². The molecule has 1 amide bonds. The molecule has 3 nitrogen and oxygen atoms in total. The van der Waals surface area contributed by atoms with Crippen LogP contribution in [0.25, 0.3) is 0 Å². The summed E-state index contributed by atoms with van der Waals surface area (Å²) in [6, 6.07) is 0.248. The van der Waals surface area contributed by atoms with Gasteiger partial charge >= 0.3 is 0 Å². The third-order valence-electron chi connectivity index (χ3n) is 3.63. The van der Waals surface area contributed by atoms with Crippen molar-refractivity contribution < 1.29 is 4.79 Å². The topological polar surface area (TPSA) is 46.3 Å². The lowest BCUT2D eigenvalue weighted by molar-refractivity contribution is -0.132. The molecule has 1 aliphatic rings. The first-order chi connectivity index (χ1) is 7.69. The molecule has 0 aromatic rings. The van der Waals surface area contributed by atoms with Crippen molar-refractivity contribution in [1.82, 2.24) is 4.90 Å². The SMILES string of the molecule is CCCN(CC)C(=O)CC1CCCCC1N.Cl. The lowest BCUT2D eigenvalue weighted by Crippen LogP contribution is -2.39. The number of rotatable bonds is 5. The molecule has 0 aliphatic heterocycles. The molecule has 0 aromatic heterocycles. The van der Waals surface area contributed by atoms with Crippen LogP contribution < -0.4 is 5.73 Å². The second kappa shape index (κ2) is 8.76. The highest BCUT2D eigenvalue weighted by Gasteiger charge is 2.25. The average Bonchev–Trinajstić information content (AvgIpc) is 2.29. The quantitative estimate of drug-likeness (QED) is 0.828. The highest BCUT2D eigenvalue weighted by Crippen LogP contribution is 2.26. The molecule has 0 bridgehead atoms. The van der Waals surface area contributed by atoms with E-state index in [4.69, 9.17) is 5.73 Å². The molecule has 102 valence electrons. The van der Waals surface area contributed by atoms with Crippen LogP contribution in [0.4, 0.5) is 0 Å². The predicted octanol–water partition coefficient (Wildman–Crippen LogP) is 2.57. The second-order valence-electron chi connectivity index (χ2n) is 4.89. The van der Waals surface area contributed by atoms with E-state index in [9.17, 15) is 4.79 Å². The van der Waals surface area contributed by atoms with Gasteiger partial charge < -0.3 is 10.6 Å². The molecule has 4 heteroatoms. The van der Waals surface area contributed by atoms with E-state index in [0.29, 0.717) is 18.2 Å². The fourth-order valence-electron chi connectivity index (χ4n) is 2.57. The average molecular weight is 263 g/mol. The summed E-state index contributed by atoms with van der Waals surface area (Å²) in [5.74, 6) is 0.721. The summed E-state index contributed by atoms with van der Waals surface area (Å²) < 4.78 is 0. The Labute approximate surface area is 112 Å². The van der Waals surface area contributed by atoms with Crippen molar-refractivity contribution in [3.8, 4) is 0 Å². The van der Waals surface area contributed by atoms with Crippen LogP contribution in [0, 0.1) is 5.92 Å². The van der Waals surface area contributed by atoms with Crippen LogP contribution in [0.3, 0.4) is 0 Å². The van der Waals surface area contributed by atoms with Gasteiger partial charge in [-0.15, -0.1) is 12.4 Å². The first kappa shape index (κ1) is 16.7. The Morgan fingerprint density at radius 2 is 1.94 bits per heavy atom. The third-order valence-corrected chi connectivity index (χ3v) is 3.63. The smallest absolute Gasteiger partial charge is 0.222 e. The number of nitrogens with zero attached hydrogens (tertiary/aromatic N) is 1. The minimum absolute atomic E-state index is 0. The van der Waals surface area contributed by atoms with Crippen molar-refractivity contribution in [2.45, 2.75) is 58.4 Å². The normalized spacial score (nSPS) is 23.9. The van der Waals surface area contributed by atoms with Crippen LogP contribution in [0.1, 0.15) is 52.4 Å². The van der Waals surface area contributed by atoms with Crippen molar-refractivity contribution >= 4 is 18.3 Å². The zero-order valence-electron chi connectivity index (χ0n) is 11.2. The van der Waals surface area contributed by atoms with Gasteiger partial charge in [-0.2, -0.15) is 0 Å². The van der Waals surface area contributed by atoms with Crippen molar-refractivity contribution in [3.05, 3.63) is 0 Å². The number of carbonyl (C=O) groups excluding carboxylic acids is 1. The lowest BCUT2D eigenvalue weighted by Gasteiger charge is -2.30. The molecule has 1 saturated carbocycles. The van der Waals surface area contributed by atoms with E-state index < -0.39 is 0 Å². The molecule has 1 fully saturated rings. The van der Waals surface area contributed by atoms with E-state index in [1.54, 1.807) is 0 Å². The minimum Gasteiger partial charge on any atom is -0.343 e. The summed E-state index contributed by atoms with van der Waals surface area (Å²) in [6.45, 7) is 5.88. The van der Waals surface area contributed by atoms with E-state index >= 15 is 0 Å². The van der Waals surface area contributed by atoms with Crippen molar-refractivity contribution in [1.29, 1.82) is 0 Å². The standard InChI is InChI=1S/C13H26N2O.ClH/c1-3-9-15(4-2)13(16)10-11-7-5-6-8-12(11)14;/h11-12H,3-10,14H2,1-2H3;1H. The van der Waals surface area contributed by atoms with Crippen LogP contribution in [0.2, 0.25) is 0 Å². The molecule has 2 unspecified atom stereocenters. The number of hydrogen-bond acceptors (Lipinski definition) is 2. The molecular formula is C13H27ClN2O. The van der Waals surface area contributed by atoms with Crippen LogP contribution in [0.5, 0.6) is 0 Å². The molecule has 0 heterocycles. The monoisotopic (exact) mass is 262 g/mol. The number of hydrogen-bond donors (Lipinski definition) is 1. The van der Waals surface area contributed by atoms with Crippen LogP contribution >= 0.6 is 12.4 Å². The van der Waals surface area contributed by atoms with Gasteiger partial charge in [0, 0.05) is 25.6 Å². The van der Waals surface area contributed by atoms with Crippen LogP contribution in [0.15, 0.2) is 0 Å². The van der Waals surface area contributed by atoms with Crippen molar-refractivity contribution in [2.24, 2.45) is 11.7 Å². The van der Waals surface area contributed by atoms with E-state index in [2.05, 4.69) is 6.92 Å². The van der Waals surface area contributed by atoms with E-state index in [0.717, 1.165) is 32.4 Å². The summed E-state index contributed by atoms with van der Waals surface area (Å²) >= 11 is 0. The first-order valence-electron chi connectivity index (χ1n) is 6.72. The van der Waals surface area contributed by atoms with Gasteiger partial charge in [0.2, 0.25) is 5.91 Å². The molecule has 0 spiro atoms. The fraction of sp³-hybridized carbons (Fsp3) is 0.923. The fourth-order valence-corrected chi connectivity index (χ4v) is 2.57. The Morgan fingerprint density at radius 3 is 2.47 bits per heavy atom. The van der Waals surface area contributed by atoms with Gasteiger partial charge in [0.25, 0.3) is 0 Å². The van der Waals surface area contributed by atoms with Gasteiger partial charge in [-0.05, 0) is 32.1 Å². The predicted molar refractivity (Wildman–Crippen MR) is 74.3 cm³/mol. The maximum atomic E-state index is 12.0. The molecule has 2 N–H and O–H groups in total.